The summed E-state index contributed by atoms with van der Waals surface area (Å²) < 4.78 is 6.63. The Morgan fingerprint density at radius 2 is 1.82 bits per heavy atom. The molecule has 2 nitrogen and oxygen atoms in total. The Bertz CT molecular complexity index is 501. The fourth-order valence-electron chi connectivity index (χ4n) is 1.95. The number of aryl methyl sites for hydroxylation is 2. The van der Waals surface area contributed by atoms with Crippen molar-refractivity contribution >= 4 is 21.6 Å². The van der Waals surface area contributed by atoms with E-state index in [2.05, 4.69) is 46.4 Å². The van der Waals surface area contributed by atoms with E-state index in [4.69, 9.17) is 4.42 Å². The van der Waals surface area contributed by atoms with E-state index in [1.165, 1.54) is 5.56 Å². The maximum absolute atomic E-state index is 5.54. The average molecular weight is 294 g/mol. The summed E-state index contributed by atoms with van der Waals surface area (Å²) in [7, 11) is 0. The van der Waals surface area contributed by atoms with Crippen molar-refractivity contribution in [2.45, 2.75) is 26.8 Å². The van der Waals surface area contributed by atoms with Crippen molar-refractivity contribution in [1.29, 1.82) is 0 Å². The first-order valence-electron chi connectivity index (χ1n) is 5.65. The van der Waals surface area contributed by atoms with Crippen molar-refractivity contribution < 1.29 is 4.42 Å². The van der Waals surface area contributed by atoms with Gasteiger partial charge in [-0.1, -0.05) is 15.9 Å². The van der Waals surface area contributed by atoms with E-state index in [1.54, 1.807) is 0 Å². The fraction of sp³-hybridized carbons (Fsp3) is 0.286. The molecule has 1 aromatic carbocycles. The molecule has 0 fully saturated rings. The third-order valence-corrected chi connectivity index (χ3v) is 3.30. The molecule has 0 saturated carbocycles. The van der Waals surface area contributed by atoms with E-state index < -0.39 is 0 Å². The number of hydrogen-bond donors (Lipinski definition) is 1. The molecule has 90 valence electrons. The van der Waals surface area contributed by atoms with Gasteiger partial charge in [-0.2, -0.15) is 0 Å². The first-order valence-corrected chi connectivity index (χ1v) is 6.44. The summed E-state index contributed by atoms with van der Waals surface area (Å²) in [4.78, 5) is 0. The minimum Gasteiger partial charge on any atom is -0.466 e. The fourth-order valence-corrected chi connectivity index (χ4v) is 2.22. The van der Waals surface area contributed by atoms with Crippen molar-refractivity contribution in [1.82, 2.24) is 0 Å². The topological polar surface area (TPSA) is 25.2 Å². The second-order valence-corrected chi connectivity index (χ2v) is 5.16. The second kappa shape index (κ2) is 4.96. The maximum atomic E-state index is 5.54. The van der Waals surface area contributed by atoms with Crippen LogP contribution >= 0.6 is 15.9 Å². The van der Waals surface area contributed by atoms with Gasteiger partial charge in [0.25, 0.3) is 0 Å². The molecule has 3 heteroatoms. The third kappa shape index (κ3) is 2.91. The van der Waals surface area contributed by atoms with Crippen LogP contribution in [0.3, 0.4) is 0 Å². The first-order chi connectivity index (χ1) is 8.06. The molecule has 0 aliphatic heterocycles. The van der Waals surface area contributed by atoms with Gasteiger partial charge in [-0.05, 0) is 51.1 Å². The number of hydrogen-bond acceptors (Lipinski definition) is 2. The monoisotopic (exact) mass is 293 g/mol. The lowest BCUT2D eigenvalue weighted by molar-refractivity contribution is 0.500. The summed E-state index contributed by atoms with van der Waals surface area (Å²) in [6, 6.07) is 10.5. The van der Waals surface area contributed by atoms with Crippen LogP contribution in [0, 0.1) is 13.8 Å². The highest BCUT2D eigenvalue weighted by atomic mass is 79.9. The number of anilines is 1. The molecule has 0 aliphatic rings. The van der Waals surface area contributed by atoms with Gasteiger partial charge in [-0.15, -0.1) is 0 Å². The first kappa shape index (κ1) is 12.2. The summed E-state index contributed by atoms with van der Waals surface area (Å²) in [5, 5.41) is 3.46. The quantitative estimate of drug-likeness (QED) is 0.877. The van der Waals surface area contributed by atoms with Gasteiger partial charge in [0.2, 0.25) is 0 Å². The van der Waals surface area contributed by atoms with Gasteiger partial charge in [0.1, 0.15) is 11.5 Å². The minimum atomic E-state index is 0.244. The molecule has 0 aliphatic carbocycles. The number of nitrogens with one attached hydrogen (secondary N) is 1. The zero-order valence-corrected chi connectivity index (χ0v) is 11.8. The Balaban J connectivity index is 2.14. The van der Waals surface area contributed by atoms with E-state index in [-0.39, 0.29) is 6.04 Å². The van der Waals surface area contributed by atoms with Crippen LogP contribution < -0.4 is 5.32 Å². The minimum absolute atomic E-state index is 0.244. The average Bonchev–Trinajstić information content (AvgIpc) is 2.61. The normalized spacial score (nSPS) is 12.5. The van der Waals surface area contributed by atoms with Gasteiger partial charge >= 0.3 is 0 Å². The highest BCUT2D eigenvalue weighted by molar-refractivity contribution is 9.10. The predicted octanol–water partition coefficient (Wildman–Crippen LogP) is 4.83. The summed E-state index contributed by atoms with van der Waals surface area (Å²) in [6.07, 6.45) is 0. The van der Waals surface area contributed by atoms with Crippen LogP contribution in [-0.4, -0.2) is 0 Å². The Morgan fingerprint density at radius 1 is 1.18 bits per heavy atom. The predicted molar refractivity (Wildman–Crippen MR) is 74.4 cm³/mol. The number of benzene rings is 1. The molecule has 2 aromatic rings. The molecular weight excluding hydrogens is 278 g/mol. The van der Waals surface area contributed by atoms with Crippen molar-refractivity contribution in [3.63, 3.8) is 0 Å². The standard InChI is InChI=1S/C14H16BrNO/c1-9-8-14(11(3)17-9)10(2)16-13-6-4-12(15)5-7-13/h4-8,10,16H,1-3H3. The molecule has 1 aromatic heterocycles. The zero-order chi connectivity index (χ0) is 12.4. The lowest BCUT2D eigenvalue weighted by Gasteiger charge is -2.14. The number of furan rings is 1. The Hall–Kier alpha value is -1.22. The molecule has 1 heterocycles. The van der Waals surface area contributed by atoms with Crippen LogP contribution in [0.2, 0.25) is 0 Å². The Kier molecular flexibility index (Phi) is 3.57. The molecule has 0 radical (unpaired) electrons. The van der Waals surface area contributed by atoms with Gasteiger partial charge < -0.3 is 9.73 Å². The molecule has 1 N–H and O–H groups in total. The lowest BCUT2D eigenvalue weighted by Crippen LogP contribution is -2.06. The van der Waals surface area contributed by atoms with Crippen molar-refractivity contribution in [2.24, 2.45) is 0 Å². The second-order valence-electron chi connectivity index (χ2n) is 4.24. The van der Waals surface area contributed by atoms with E-state index in [0.717, 1.165) is 21.7 Å². The Labute approximate surface area is 110 Å². The van der Waals surface area contributed by atoms with Crippen molar-refractivity contribution in [3.05, 3.63) is 51.9 Å². The van der Waals surface area contributed by atoms with Crippen molar-refractivity contribution in [3.8, 4) is 0 Å². The molecular formula is C14H16BrNO. The van der Waals surface area contributed by atoms with Crippen LogP contribution in [0.4, 0.5) is 5.69 Å². The molecule has 17 heavy (non-hydrogen) atoms. The van der Waals surface area contributed by atoms with E-state index >= 15 is 0 Å². The highest BCUT2D eigenvalue weighted by Crippen LogP contribution is 2.25. The number of halogens is 1. The summed E-state index contributed by atoms with van der Waals surface area (Å²) in [6.45, 7) is 6.12. The van der Waals surface area contributed by atoms with Gasteiger partial charge in [0.05, 0.1) is 6.04 Å². The van der Waals surface area contributed by atoms with Crippen LogP contribution in [0.15, 0.2) is 39.2 Å². The van der Waals surface area contributed by atoms with Crippen LogP contribution in [0.25, 0.3) is 0 Å². The van der Waals surface area contributed by atoms with E-state index in [1.807, 2.05) is 26.0 Å². The summed E-state index contributed by atoms with van der Waals surface area (Å²) >= 11 is 3.43. The molecule has 1 atom stereocenters. The zero-order valence-electron chi connectivity index (χ0n) is 10.3. The van der Waals surface area contributed by atoms with Gasteiger partial charge in [0.15, 0.2) is 0 Å². The molecule has 0 saturated heterocycles. The van der Waals surface area contributed by atoms with Crippen LogP contribution in [0.5, 0.6) is 0 Å². The summed E-state index contributed by atoms with van der Waals surface area (Å²) in [5.74, 6) is 1.95. The SMILES string of the molecule is Cc1cc(C(C)Nc2ccc(Br)cc2)c(C)o1. The van der Waals surface area contributed by atoms with Gasteiger partial charge in [-0.3, -0.25) is 0 Å². The van der Waals surface area contributed by atoms with Crippen molar-refractivity contribution in [2.75, 3.05) is 5.32 Å². The molecule has 1 unspecified atom stereocenters. The highest BCUT2D eigenvalue weighted by Gasteiger charge is 2.12. The van der Waals surface area contributed by atoms with E-state index in [0.29, 0.717) is 0 Å². The van der Waals surface area contributed by atoms with Crippen LogP contribution in [-0.2, 0) is 0 Å². The Morgan fingerprint density at radius 3 is 2.35 bits per heavy atom. The molecule has 0 bridgehead atoms. The molecule has 2 rings (SSSR count). The summed E-state index contributed by atoms with van der Waals surface area (Å²) in [5.41, 5.74) is 2.32. The molecule has 0 spiro atoms. The smallest absolute Gasteiger partial charge is 0.106 e. The van der Waals surface area contributed by atoms with Gasteiger partial charge in [0, 0.05) is 15.7 Å². The maximum Gasteiger partial charge on any atom is 0.106 e. The molecule has 0 amide bonds. The largest absolute Gasteiger partial charge is 0.466 e. The third-order valence-electron chi connectivity index (χ3n) is 2.77. The van der Waals surface area contributed by atoms with E-state index in [9.17, 15) is 0 Å². The van der Waals surface area contributed by atoms with Crippen LogP contribution in [0.1, 0.15) is 30.0 Å². The lowest BCUT2D eigenvalue weighted by atomic mass is 10.1. The van der Waals surface area contributed by atoms with Gasteiger partial charge in [-0.25, -0.2) is 0 Å². The number of rotatable bonds is 3.